The summed E-state index contributed by atoms with van der Waals surface area (Å²) in [6.45, 7) is 12.4. The number of nitrogens with one attached hydrogen (secondary N) is 1. The maximum atomic E-state index is 9.40. The normalized spacial score (nSPS) is 15.6. The molecule has 0 saturated carbocycles. The van der Waals surface area contributed by atoms with Crippen LogP contribution in [0.2, 0.25) is 0 Å². The van der Waals surface area contributed by atoms with Crippen LogP contribution in [-0.2, 0) is 0 Å². The van der Waals surface area contributed by atoms with Crippen LogP contribution in [0.1, 0.15) is 59.4 Å². The molecule has 1 N–H and O–H groups in total. The Kier molecular flexibility index (Phi) is 6.23. The summed E-state index contributed by atoms with van der Waals surface area (Å²) in [6, 6.07) is 10.8. The Hall–Kier alpha value is -1.53. The van der Waals surface area contributed by atoms with Gasteiger partial charge in [-0.1, -0.05) is 26.0 Å². The van der Waals surface area contributed by atoms with Crippen molar-refractivity contribution in [2.45, 2.75) is 71.6 Å². The van der Waals surface area contributed by atoms with Crippen LogP contribution < -0.4 is 10.1 Å². The highest BCUT2D eigenvalue weighted by atomic mass is 16.5. The van der Waals surface area contributed by atoms with Crippen molar-refractivity contribution in [3.05, 3.63) is 29.8 Å². The van der Waals surface area contributed by atoms with Crippen LogP contribution in [0, 0.1) is 11.3 Å². The number of nitrogens with zero attached hydrogens (tertiary/aromatic N) is 1. The van der Waals surface area contributed by atoms with Crippen LogP contribution in [-0.4, -0.2) is 17.7 Å². The summed E-state index contributed by atoms with van der Waals surface area (Å²) in [6.07, 6.45) is 0.622. The van der Waals surface area contributed by atoms with Crippen molar-refractivity contribution < 1.29 is 4.74 Å². The van der Waals surface area contributed by atoms with Gasteiger partial charge in [0.15, 0.2) is 0 Å². The van der Waals surface area contributed by atoms with Crippen molar-refractivity contribution in [2.75, 3.05) is 0 Å². The van der Waals surface area contributed by atoms with Crippen LogP contribution in [0.15, 0.2) is 24.3 Å². The fourth-order valence-electron chi connectivity index (χ4n) is 2.57. The molecule has 0 aliphatic rings. The lowest BCUT2D eigenvalue weighted by Gasteiger charge is -2.29. The number of hydrogen-bond donors (Lipinski definition) is 1. The Labute approximate surface area is 129 Å². The van der Waals surface area contributed by atoms with Gasteiger partial charge in [0.05, 0.1) is 12.2 Å². The fourth-order valence-corrected chi connectivity index (χ4v) is 2.57. The van der Waals surface area contributed by atoms with Gasteiger partial charge in [-0.05, 0) is 51.3 Å². The van der Waals surface area contributed by atoms with E-state index >= 15 is 0 Å². The largest absolute Gasteiger partial charge is 0.491 e. The fraction of sp³-hybridized carbons (Fsp3) is 0.611. The van der Waals surface area contributed by atoms with Crippen LogP contribution in [0.3, 0.4) is 0 Å². The molecule has 3 heteroatoms. The summed E-state index contributed by atoms with van der Waals surface area (Å²) in [4.78, 5) is 0. The second-order valence-electron chi connectivity index (χ2n) is 6.60. The first-order valence-electron chi connectivity index (χ1n) is 7.71. The molecule has 0 saturated heterocycles. The third-order valence-corrected chi connectivity index (χ3v) is 3.41. The van der Waals surface area contributed by atoms with E-state index in [0.717, 1.165) is 5.75 Å². The molecule has 0 heterocycles. The molecule has 2 unspecified atom stereocenters. The Bertz CT molecular complexity index is 490. The van der Waals surface area contributed by atoms with E-state index in [0.29, 0.717) is 12.3 Å². The SMILES string of the molecule is CC(C)NC(C)(C#N)CC(C)Oc1cccc(C(C)C)c1. The van der Waals surface area contributed by atoms with Crippen molar-refractivity contribution in [1.29, 1.82) is 5.26 Å². The zero-order valence-electron chi connectivity index (χ0n) is 14.1. The lowest BCUT2D eigenvalue weighted by Crippen LogP contribution is -2.47. The maximum Gasteiger partial charge on any atom is 0.119 e. The summed E-state index contributed by atoms with van der Waals surface area (Å²) in [5.41, 5.74) is 0.700. The van der Waals surface area contributed by atoms with E-state index in [1.807, 2.05) is 39.8 Å². The summed E-state index contributed by atoms with van der Waals surface area (Å²) in [5.74, 6) is 1.36. The minimum atomic E-state index is -0.566. The van der Waals surface area contributed by atoms with Gasteiger partial charge in [0.2, 0.25) is 0 Å². The van der Waals surface area contributed by atoms with Gasteiger partial charge in [-0.2, -0.15) is 5.26 Å². The van der Waals surface area contributed by atoms with Crippen LogP contribution in [0.25, 0.3) is 0 Å². The molecule has 21 heavy (non-hydrogen) atoms. The van der Waals surface area contributed by atoms with Crippen molar-refractivity contribution in [3.8, 4) is 11.8 Å². The molecular formula is C18H28N2O. The van der Waals surface area contributed by atoms with E-state index < -0.39 is 5.54 Å². The average molecular weight is 288 g/mol. The highest BCUT2D eigenvalue weighted by Crippen LogP contribution is 2.23. The minimum Gasteiger partial charge on any atom is -0.491 e. The third kappa shape index (κ3) is 5.77. The zero-order chi connectivity index (χ0) is 16.0. The van der Waals surface area contributed by atoms with Gasteiger partial charge in [0.25, 0.3) is 0 Å². The Balaban J connectivity index is 2.71. The highest BCUT2D eigenvalue weighted by Gasteiger charge is 2.27. The van der Waals surface area contributed by atoms with Crippen molar-refractivity contribution in [3.63, 3.8) is 0 Å². The first-order chi connectivity index (χ1) is 9.75. The summed E-state index contributed by atoms with van der Waals surface area (Å²) >= 11 is 0. The molecular weight excluding hydrogens is 260 g/mol. The van der Waals surface area contributed by atoms with Gasteiger partial charge in [0.1, 0.15) is 11.3 Å². The molecule has 1 rings (SSSR count). The Morgan fingerprint density at radius 1 is 1.24 bits per heavy atom. The quantitative estimate of drug-likeness (QED) is 0.816. The predicted molar refractivity (Wildman–Crippen MR) is 87.5 cm³/mol. The monoisotopic (exact) mass is 288 g/mol. The van der Waals surface area contributed by atoms with Gasteiger partial charge in [0, 0.05) is 12.5 Å². The van der Waals surface area contributed by atoms with Crippen molar-refractivity contribution >= 4 is 0 Å². The molecule has 0 amide bonds. The average Bonchev–Trinajstić information content (AvgIpc) is 2.37. The van der Waals surface area contributed by atoms with E-state index in [2.05, 4.69) is 37.4 Å². The number of ether oxygens (including phenoxy) is 1. The molecule has 2 atom stereocenters. The standard InChI is InChI=1S/C18H28N2O/c1-13(2)16-8-7-9-17(10-16)21-15(5)11-18(6,12-19)20-14(3)4/h7-10,13-15,20H,11H2,1-6H3. The maximum absolute atomic E-state index is 9.40. The topological polar surface area (TPSA) is 45.0 Å². The third-order valence-electron chi connectivity index (χ3n) is 3.41. The Morgan fingerprint density at radius 2 is 1.90 bits per heavy atom. The molecule has 0 aliphatic heterocycles. The lowest BCUT2D eigenvalue weighted by atomic mass is 9.95. The Morgan fingerprint density at radius 3 is 2.43 bits per heavy atom. The van der Waals surface area contributed by atoms with Gasteiger partial charge in [-0.25, -0.2) is 0 Å². The molecule has 0 bridgehead atoms. The van der Waals surface area contributed by atoms with E-state index in [4.69, 9.17) is 4.74 Å². The number of nitriles is 1. The first kappa shape index (κ1) is 17.5. The van der Waals surface area contributed by atoms with Crippen molar-refractivity contribution in [1.82, 2.24) is 5.32 Å². The van der Waals surface area contributed by atoms with Crippen LogP contribution in [0.5, 0.6) is 5.75 Å². The molecule has 0 spiro atoms. The number of hydrogen-bond acceptors (Lipinski definition) is 3. The van der Waals surface area contributed by atoms with Gasteiger partial charge in [-0.15, -0.1) is 0 Å². The molecule has 0 aromatic heterocycles. The van der Waals surface area contributed by atoms with E-state index in [1.54, 1.807) is 0 Å². The van der Waals surface area contributed by atoms with Gasteiger partial charge < -0.3 is 4.74 Å². The summed E-state index contributed by atoms with van der Waals surface area (Å²) < 4.78 is 5.99. The van der Waals surface area contributed by atoms with Crippen LogP contribution >= 0.6 is 0 Å². The number of benzene rings is 1. The predicted octanol–water partition coefficient (Wildman–Crippen LogP) is 4.25. The highest BCUT2D eigenvalue weighted by molar-refractivity contribution is 5.30. The minimum absolute atomic E-state index is 0.0247. The molecule has 116 valence electrons. The molecule has 1 aromatic rings. The second kappa shape index (κ2) is 7.47. The van der Waals surface area contributed by atoms with E-state index in [9.17, 15) is 5.26 Å². The lowest BCUT2D eigenvalue weighted by molar-refractivity contribution is 0.176. The first-order valence-corrected chi connectivity index (χ1v) is 7.71. The van der Waals surface area contributed by atoms with Crippen LogP contribution in [0.4, 0.5) is 0 Å². The smallest absolute Gasteiger partial charge is 0.119 e. The van der Waals surface area contributed by atoms with Crippen molar-refractivity contribution in [2.24, 2.45) is 0 Å². The van der Waals surface area contributed by atoms with Gasteiger partial charge in [-0.3, -0.25) is 5.32 Å². The van der Waals surface area contributed by atoms with E-state index in [1.165, 1.54) is 5.56 Å². The molecule has 1 aromatic carbocycles. The van der Waals surface area contributed by atoms with E-state index in [-0.39, 0.29) is 12.1 Å². The molecule has 0 radical (unpaired) electrons. The molecule has 3 nitrogen and oxygen atoms in total. The second-order valence-corrected chi connectivity index (χ2v) is 6.60. The zero-order valence-corrected chi connectivity index (χ0v) is 14.1. The van der Waals surface area contributed by atoms with Gasteiger partial charge >= 0.3 is 0 Å². The summed E-state index contributed by atoms with van der Waals surface area (Å²) in [5, 5.41) is 12.7. The number of rotatable bonds is 7. The molecule has 0 fully saturated rings. The summed E-state index contributed by atoms with van der Waals surface area (Å²) in [7, 11) is 0. The molecule has 0 aliphatic carbocycles.